The Morgan fingerprint density at radius 1 is 1.15 bits per heavy atom. The van der Waals surface area contributed by atoms with Crippen LogP contribution in [0.3, 0.4) is 0 Å². The van der Waals surface area contributed by atoms with Gasteiger partial charge in [-0.1, -0.05) is 6.92 Å². The molecule has 72 valence electrons. The minimum Gasteiger partial charge on any atom is -0.496 e. The molecule has 0 aliphatic heterocycles. The average Bonchev–Trinajstić information content (AvgIpc) is 2.17. The highest BCUT2D eigenvalue weighted by Crippen LogP contribution is 2.35. The monoisotopic (exact) mass is 244 g/mol. The summed E-state index contributed by atoms with van der Waals surface area (Å²) in [5.41, 5.74) is 1.14. The summed E-state index contributed by atoms with van der Waals surface area (Å²) >= 11 is 3.49. The van der Waals surface area contributed by atoms with Crippen molar-refractivity contribution >= 4 is 15.9 Å². The molecular weight excluding hydrogens is 232 g/mol. The zero-order valence-electron chi connectivity index (χ0n) is 8.06. The second-order valence-corrected chi connectivity index (χ2v) is 3.41. The van der Waals surface area contributed by atoms with Crippen LogP contribution in [0.15, 0.2) is 16.6 Å². The summed E-state index contributed by atoms with van der Waals surface area (Å²) in [5.74, 6) is 1.74. The smallest absolute Gasteiger partial charge is 0.133 e. The number of benzene rings is 1. The lowest BCUT2D eigenvalue weighted by atomic mass is 10.1. The van der Waals surface area contributed by atoms with E-state index in [4.69, 9.17) is 9.47 Å². The first-order chi connectivity index (χ1) is 6.24. The second kappa shape index (κ2) is 4.51. The third-order valence-corrected chi connectivity index (χ3v) is 2.83. The van der Waals surface area contributed by atoms with Crippen molar-refractivity contribution in [1.82, 2.24) is 0 Å². The van der Waals surface area contributed by atoms with E-state index in [9.17, 15) is 0 Å². The maximum atomic E-state index is 5.23. The lowest BCUT2D eigenvalue weighted by Gasteiger charge is -2.11. The Bertz CT molecular complexity index is 297. The summed E-state index contributed by atoms with van der Waals surface area (Å²) < 4.78 is 11.4. The summed E-state index contributed by atoms with van der Waals surface area (Å²) in [5, 5.41) is 0. The lowest BCUT2D eigenvalue weighted by Crippen LogP contribution is -1.94. The van der Waals surface area contributed by atoms with Crippen LogP contribution in [0.1, 0.15) is 12.5 Å². The zero-order chi connectivity index (χ0) is 9.84. The molecule has 0 saturated heterocycles. The molecule has 13 heavy (non-hydrogen) atoms. The molecule has 0 heterocycles. The predicted molar refractivity (Wildman–Crippen MR) is 56.6 cm³/mol. The molecule has 0 bridgehead atoms. The topological polar surface area (TPSA) is 18.5 Å². The molecule has 1 aromatic rings. The SMILES string of the molecule is CCc1c(OC)ccc(OC)c1Br. The molecule has 3 heteroatoms. The number of halogens is 1. The molecule has 0 spiro atoms. The van der Waals surface area contributed by atoms with Gasteiger partial charge in [0.05, 0.1) is 18.7 Å². The summed E-state index contributed by atoms with van der Waals surface area (Å²) in [6.45, 7) is 2.09. The van der Waals surface area contributed by atoms with Gasteiger partial charge >= 0.3 is 0 Å². The van der Waals surface area contributed by atoms with Crippen molar-refractivity contribution in [3.8, 4) is 11.5 Å². The van der Waals surface area contributed by atoms with Crippen LogP contribution < -0.4 is 9.47 Å². The van der Waals surface area contributed by atoms with Crippen molar-refractivity contribution < 1.29 is 9.47 Å². The second-order valence-electron chi connectivity index (χ2n) is 2.62. The first-order valence-electron chi connectivity index (χ1n) is 4.14. The Balaban J connectivity index is 3.23. The highest BCUT2D eigenvalue weighted by Gasteiger charge is 2.09. The number of hydrogen-bond donors (Lipinski definition) is 0. The van der Waals surface area contributed by atoms with Gasteiger partial charge < -0.3 is 9.47 Å². The molecule has 0 radical (unpaired) electrons. The minimum absolute atomic E-state index is 0.845. The van der Waals surface area contributed by atoms with Gasteiger partial charge in [0.25, 0.3) is 0 Å². The lowest BCUT2D eigenvalue weighted by molar-refractivity contribution is 0.397. The van der Waals surface area contributed by atoms with Gasteiger partial charge in [0.2, 0.25) is 0 Å². The van der Waals surface area contributed by atoms with Crippen LogP contribution in [0.2, 0.25) is 0 Å². The Kier molecular flexibility index (Phi) is 3.60. The van der Waals surface area contributed by atoms with Crippen LogP contribution in [0, 0.1) is 0 Å². The molecule has 0 N–H and O–H groups in total. The highest BCUT2D eigenvalue weighted by atomic mass is 79.9. The molecular formula is C10H13BrO2. The van der Waals surface area contributed by atoms with Crippen molar-refractivity contribution in [2.24, 2.45) is 0 Å². The van der Waals surface area contributed by atoms with Gasteiger partial charge in [-0.3, -0.25) is 0 Å². The van der Waals surface area contributed by atoms with E-state index in [0.717, 1.165) is 28.0 Å². The molecule has 0 atom stereocenters. The van der Waals surface area contributed by atoms with Crippen molar-refractivity contribution in [3.63, 3.8) is 0 Å². The fourth-order valence-corrected chi connectivity index (χ4v) is 2.03. The fourth-order valence-electron chi connectivity index (χ4n) is 1.26. The first-order valence-corrected chi connectivity index (χ1v) is 4.93. The fraction of sp³-hybridized carbons (Fsp3) is 0.400. The zero-order valence-corrected chi connectivity index (χ0v) is 9.64. The van der Waals surface area contributed by atoms with Crippen molar-refractivity contribution in [3.05, 3.63) is 22.2 Å². The Labute approximate surface area is 87.0 Å². The Hall–Kier alpha value is -0.700. The van der Waals surface area contributed by atoms with Gasteiger partial charge in [0.15, 0.2) is 0 Å². The largest absolute Gasteiger partial charge is 0.496 e. The summed E-state index contributed by atoms with van der Waals surface area (Å²) in [4.78, 5) is 0. The number of methoxy groups -OCH3 is 2. The number of hydrogen-bond acceptors (Lipinski definition) is 2. The van der Waals surface area contributed by atoms with Gasteiger partial charge in [0.1, 0.15) is 11.5 Å². The van der Waals surface area contributed by atoms with E-state index in [1.807, 2.05) is 12.1 Å². The summed E-state index contributed by atoms with van der Waals surface area (Å²) in [6.07, 6.45) is 0.918. The van der Waals surface area contributed by atoms with Crippen LogP contribution in [0.5, 0.6) is 11.5 Å². The Morgan fingerprint density at radius 3 is 2.15 bits per heavy atom. The first kappa shape index (κ1) is 10.4. The van der Waals surface area contributed by atoms with Gasteiger partial charge in [-0.15, -0.1) is 0 Å². The van der Waals surface area contributed by atoms with E-state index >= 15 is 0 Å². The normalized spacial score (nSPS) is 9.85. The molecule has 0 unspecified atom stereocenters. The summed E-state index contributed by atoms with van der Waals surface area (Å²) in [7, 11) is 3.33. The van der Waals surface area contributed by atoms with E-state index in [0.29, 0.717) is 0 Å². The average molecular weight is 245 g/mol. The third kappa shape index (κ3) is 1.97. The standard InChI is InChI=1S/C10H13BrO2/c1-4-7-8(12-2)5-6-9(13-3)10(7)11/h5-6H,4H2,1-3H3. The highest BCUT2D eigenvalue weighted by molar-refractivity contribution is 9.10. The Morgan fingerprint density at radius 2 is 1.69 bits per heavy atom. The van der Waals surface area contributed by atoms with Gasteiger partial charge in [0, 0.05) is 5.56 Å². The van der Waals surface area contributed by atoms with Crippen LogP contribution in [0.4, 0.5) is 0 Å². The van der Waals surface area contributed by atoms with Crippen LogP contribution in [0.25, 0.3) is 0 Å². The van der Waals surface area contributed by atoms with Gasteiger partial charge in [-0.25, -0.2) is 0 Å². The van der Waals surface area contributed by atoms with Crippen molar-refractivity contribution in [2.45, 2.75) is 13.3 Å². The predicted octanol–water partition coefficient (Wildman–Crippen LogP) is 3.03. The van der Waals surface area contributed by atoms with Crippen LogP contribution >= 0.6 is 15.9 Å². The molecule has 0 aliphatic rings. The maximum absolute atomic E-state index is 5.23. The van der Waals surface area contributed by atoms with Crippen LogP contribution in [-0.4, -0.2) is 14.2 Å². The minimum atomic E-state index is 0.845. The van der Waals surface area contributed by atoms with E-state index in [-0.39, 0.29) is 0 Å². The molecule has 2 nitrogen and oxygen atoms in total. The molecule has 0 saturated carbocycles. The van der Waals surface area contributed by atoms with E-state index in [1.165, 1.54) is 0 Å². The van der Waals surface area contributed by atoms with Crippen LogP contribution in [-0.2, 0) is 6.42 Å². The maximum Gasteiger partial charge on any atom is 0.133 e. The molecule has 0 amide bonds. The number of ether oxygens (including phenoxy) is 2. The third-order valence-electron chi connectivity index (χ3n) is 1.96. The van der Waals surface area contributed by atoms with E-state index < -0.39 is 0 Å². The van der Waals surface area contributed by atoms with Gasteiger partial charge in [-0.05, 0) is 34.5 Å². The van der Waals surface area contributed by atoms with E-state index in [2.05, 4.69) is 22.9 Å². The van der Waals surface area contributed by atoms with E-state index in [1.54, 1.807) is 14.2 Å². The quantitative estimate of drug-likeness (QED) is 0.814. The summed E-state index contributed by atoms with van der Waals surface area (Å²) in [6, 6.07) is 3.81. The molecule has 0 aliphatic carbocycles. The van der Waals surface area contributed by atoms with Crippen molar-refractivity contribution in [1.29, 1.82) is 0 Å². The van der Waals surface area contributed by atoms with Crippen molar-refractivity contribution in [2.75, 3.05) is 14.2 Å². The van der Waals surface area contributed by atoms with Gasteiger partial charge in [-0.2, -0.15) is 0 Å². The molecule has 0 aromatic heterocycles. The molecule has 0 fully saturated rings. The molecule has 1 rings (SSSR count). The molecule has 1 aromatic carbocycles. The number of rotatable bonds is 3.